The second-order valence-corrected chi connectivity index (χ2v) is 23.7. The summed E-state index contributed by atoms with van der Waals surface area (Å²) in [5.41, 5.74) is 12.6. The number of nitrogens with zero attached hydrogens (tertiary/aromatic N) is 1. The fourth-order valence-corrected chi connectivity index (χ4v) is 9.52. The van der Waals surface area contributed by atoms with Crippen molar-refractivity contribution in [2.75, 3.05) is 50.0 Å². The Morgan fingerprint density at radius 1 is 0.633 bits per heavy atom. The lowest BCUT2D eigenvalue weighted by atomic mass is 9.89. The Balaban J connectivity index is 0.000000896. The highest BCUT2D eigenvalue weighted by Gasteiger charge is 2.41. The molecule has 6 atom stereocenters. The van der Waals surface area contributed by atoms with E-state index in [2.05, 4.69) is 37.2 Å². The quantitative estimate of drug-likeness (QED) is 0.0199. The minimum Gasteiger partial charge on any atom is -0.461 e. The molecule has 1 aliphatic rings. The van der Waals surface area contributed by atoms with Crippen molar-refractivity contribution in [2.24, 2.45) is 41.1 Å². The third-order valence-electron chi connectivity index (χ3n) is 13.7. The molecule has 2 aromatic rings. The van der Waals surface area contributed by atoms with Crippen molar-refractivity contribution in [3.63, 3.8) is 0 Å². The average Bonchev–Trinajstić information content (AvgIpc) is 1.68. The largest absolute Gasteiger partial charge is 0.461 e. The van der Waals surface area contributed by atoms with Crippen molar-refractivity contribution in [3.05, 3.63) is 59.7 Å². The monoisotopic (exact) mass is 1290 g/mol. The van der Waals surface area contributed by atoms with Gasteiger partial charge >= 0.3 is 24.0 Å². The first kappa shape index (κ1) is 79.6. The van der Waals surface area contributed by atoms with Crippen LogP contribution in [0.5, 0.6) is 0 Å². The number of carbonyl (C=O) groups is 13. The molecule has 1 fully saturated rings. The van der Waals surface area contributed by atoms with Crippen LogP contribution < -0.4 is 48.7 Å². The molecule has 0 spiro atoms. The molecule has 502 valence electrons. The molecule has 1 heterocycles. The van der Waals surface area contributed by atoms with Crippen LogP contribution in [0.1, 0.15) is 138 Å². The number of benzene rings is 2. The number of Topliss-reactive ketones (excluding diaryl/α,β-unsaturated/α-hetero) is 2. The minimum atomic E-state index is -4.88. The highest BCUT2D eigenvalue weighted by Crippen LogP contribution is 2.24. The highest BCUT2D eigenvalue weighted by atomic mass is 32.2. The predicted molar refractivity (Wildman–Crippen MR) is 330 cm³/mol. The van der Waals surface area contributed by atoms with Gasteiger partial charge in [-0.3, -0.25) is 62.2 Å². The van der Waals surface area contributed by atoms with Gasteiger partial charge in [-0.2, -0.15) is 8.42 Å². The van der Waals surface area contributed by atoms with E-state index in [1.165, 1.54) is 20.8 Å². The van der Waals surface area contributed by atoms with E-state index in [1.807, 2.05) is 0 Å². The topological polar surface area (TPSA) is 443 Å². The Labute approximate surface area is 525 Å². The van der Waals surface area contributed by atoms with Gasteiger partial charge in [-0.05, 0) is 72.9 Å². The zero-order valence-corrected chi connectivity index (χ0v) is 52.6. The van der Waals surface area contributed by atoms with Crippen LogP contribution in [0, 0.1) is 29.6 Å². The lowest BCUT2D eigenvalue weighted by molar-refractivity contribution is -0.143. The molecule has 0 bridgehead atoms. The number of anilines is 2. The maximum atomic E-state index is 13.5. The zero-order chi connectivity index (χ0) is 67.0. The van der Waals surface area contributed by atoms with Gasteiger partial charge in [0.05, 0.1) is 25.3 Å². The molecule has 29 nitrogen and oxygen atoms in total. The first-order valence-corrected chi connectivity index (χ1v) is 30.7. The molecule has 30 heteroatoms. The fourth-order valence-electron chi connectivity index (χ4n) is 8.82. The van der Waals surface area contributed by atoms with Crippen LogP contribution in [0.3, 0.4) is 0 Å². The summed E-state index contributed by atoms with van der Waals surface area (Å²) in [4.78, 5) is 159. The van der Waals surface area contributed by atoms with Gasteiger partial charge in [0.1, 0.15) is 18.5 Å². The van der Waals surface area contributed by atoms with Gasteiger partial charge < -0.3 is 62.9 Å². The third-order valence-corrected chi connectivity index (χ3v) is 14.9. The lowest BCUT2D eigenvalue weighted by Gasteiger charge is -2.25. The number of hydrogen-bond donors (Lipinski definition) is 10. The van der Waals surface area contributed by atoms with Crippen LogP contribution in [0.15, 0.2) is 48.5 Å². The number of nitrogens with two attached hydrogens (primary N) is 2. The number of hydrogen-bond acceptors (Lipinski definition) is 18. The van der Waals surface area contributed by atoms with Gasteiger partial charge in [0.15, 0.2) is 11.6 Å². The normalized spacial score (nSPS) is 14.4. The number of rotatable bonds is 38. The summed E-state index contributed by atoms with van der Waals surface area (Å²) >= 11 is 0. The molecule has 0 radical (unpaired) electrons. The number of primary amides is 2. The molecular formula is C60H92N10O19S. The van der Waals surface area contributed by atoms with E-state index < -0.39 is 118 Å². The average molecular weight is 1290 g/mol. The maximum Gasteiger partial charge on any atom is 0.312 e. The summed E-state index contributed by atoms with van der Waals surface area (Å²) in [5, 5.41) is 16.5. The van der Waals surface area contributed by atoms with Crippen LogP contribution in [-0.4, -0.2) is 152 Å². The minimum absolute atomic E-state index is 0. The Hall–Kier alpha value is -8.38. The van der Waals surface area contributed by atoms with E-state index in [4.69, 9.17) is 25.7 Å². The van der Waals surface area contributed by atoms with Gasteiger partial charge in [0, 0.05) is 108 Å². The van der Waals surface area contributed by atoms with Crippen molar-refractivity contribution in [1.29, 1.82) is 0 Å². The number of ketones is 2. The van der Waals surface area contributed by atoms with Crippen molar-refractivity contribution < 1.29 is 89.5 Å². The fraction of sp³-hybridized carbons (Fsp3) is 0.583. The van der Waals surface area contributed by atoms with Crippen molar-refractivity contribution in [2.45, 2.75) is 158 Å². The molecule has 0 aromatic heterocycles. The SMILES string of the molecule is C.CC(=O)OCc1ccc(NC(=O)[C@H](CCCNC(N)=O)CC(=O)[C@@H](NC(=O)CC(CN2C(=O)CC(C)C2=O)S(=O)(=O)O)C(C)C)cc1.CCC(=O)NCCOCCC(=O)N[C@H](C(=O)C[C@@H](CCCNC(N)=O)C(=O)Nc1ccc(COC(C)=O)cc1)C(C)C. The van der Waals surface area contributed by atoms with E-state index in [0.717, 1.165) is 5.56 Å². The molecular weight excluding hydrogens is 1200 g/mol. The molecule has 0 saturated carbocycles. The number of imide groups is 1. The van der Waals surface area contributed by atoms with Gasteiger partial charge in [-0.1, -0.05) is 73.2 Å². The second-order valence-electron chi connectivity index (χ2n) is 22.0. The highest BCUT2D eigenvalue weighted by molar-refractivity contribution is 7.86. The summed E-state index contributed by atoms with van der Waals surface area (Å²) in [7, 11) is -4.88. The van der Waals surface area contributed by atoms with Crippen molar-refractivity contribution in [3.8, 4) is 0 Å². The van der Waals surface area contributed by atoms with Crippen molar-refractivity contribution >= 4 is 98.4 Å². The molecule has 12 N–H and O–H groups in total. The number of urea groups is 2. The Morgan fingerprint density at radius 2 is 1.07 bits per heavy atom. The zero-order valence-electron chi connectivity index (χ0n) is 51.8. The number of ether oxygens (including phenoxy) is 3. The van der Waals surface area contributed by atoms with Crippen LogP contribution in [0.25, 0.3) is 0 Å². The van der Waals surface area contributed by atoms with Gasteiger partial charge in [0.25, 0.3) is 10.1 Å². The van der Waals surface area contributed by atoms with Crippen molar-refractivity contribution in [1.82, 2.24) is 31.5 Å². The van der Waals surface area contributed by atoms with Gasteiger partial charge in [-0.15, -0.1) is 0 Å². The molecule has 2 aromatic carbocycles. The molecule has 2 unspecified atom stereocenters. The molecule has 11 amide bonds. The summed E-state index contributed by atoms with van der Waals surface area (Å²) in [6, 6.07) is 9.85. The number of likely N-dealkylation sites (tertiary alicyclic amines) is 1. The third kappa shape index (κ3) is 31.7. The molecule has 90 heavy (non-hydrogen) atoms. The van der Waals surface area contributed by atoms with Gasteiger partial charge in [0.2, 0.25) is 41.4 Å². The molecule has 3 rings (SSSR count). The van der Waals surface area contributed by atoms with E-state index in [-0.39, 0.29) is 115 Å². The van der Waals surface area contributed by atoms with E-state index in [1.54, 1.807) is 83.1 Å². The first-order valence-electron chi connectivity index (χ1n) is 29.2. The molecule has 1 saturated heterocycles. The summed E-state index contributed by atoms with van der Waals surface area (Å²) in [6.45, 7) is 13.3. The Kier molecular flexibility index (Phi) is 36.3. The van der Waals surface area contributed by atoms with Gasteiger partial charge in [-0.25, -0.2) is 9.59 Å². The number of amides is 11. The second kappa shape index (κ2) is 41.0. The Bertz CT molecular complexity index is 2870. The van der Waals surface area contributed by atoms with E-state index >= 15 is 0 Å². The first-order chi connectivity index (χ1) is 41.8. The van der Waals surface area contributed by atoms with Crippen LogP contribution in [0.2, 0.25) is 0 Å². The standard InChI is InChI=1S/C30H43N5O11S.C29H45N5O8.CH4/c1-17(2)27(34-25(38)14-23(47(43,44)45)15-35-26(39)12-18(3)29(35)41)24(37)13-21(6-5-11-32-30(31)42)28(40)33-22-9-7-20(8-10-22)16-46-19(4)36;1-5-25(37)31-14-16-41-15-12-26(38)34-27(19(2)3)24(36)17-22(7-6-13-32-29(30)40)28(39)33-23-10-8-21(9-11-23)18-42-20(4)35;/h7-10,17-18,21,23,27H,5-6,11-16H2,1-4H3,(H,33,40)(H,34,38)(H3,31,32,42)(H,43,44,45);8-11,19,22,27H,5-7,12-18H2,1-4H3,(H,31,37)(H,33,39)(H,34,38)(H3,30,32,40);1H4/t18?,21-,23?,27+;22-,27+;/m11./s1. The summed E-state index contributed by atoms with van der Waals surface area (Å²) in [6.07, 6.45) is 0.155. The summed E-state index contributed by atoms with van der Waals surface area (Å²) in [5.74, 6) is -8.19. The number of nitrogens with one attached hydrogen (secondary N) is 7. The maximum absolute atomic E-state index is 13.5. The summed E-state index contributed by atoms with van der Waals surface area (Å²) < 4.78 is 49.2. The number of carbonyl (C=O) groups excluding carboxylic acids is 13. The smallest absolute Gasteiger partial charge is 0.312 e. The van der Waals surface area contributed by atoms with Crippen LogP contribution in [0.4, 0.5) is 21.0 Å². The van der Waals surface area contributed by atoms with E-state index in [9.17, 15) is 75.3 Å². The molecule has 0 aliphatic carbocycles. The van der Waals surface area contributed by atoms with Crippen LogP contribution >= 0.6 is 0 Å². The Morgan fingerprint density at radius 3 is 1.43 bits per heavy atom. The number of esters is 2. The van der Waals surface area contributed by atoms with Crippen LogP contribution in [-0.2, 0) is 90.3 Å². The molecule has 1 aliphatic heterocycles. The lowest BCUT2D eigenvalue weighted by Crippen LogP contribution is -2.48. The predicted octanol–water partition coefficient (Wildman–Crippen LogP) is 3.32. The van der Waals surface area contributed by atoms with E-state index in [0.29, 0.717) is 47.6 Å².